The maximum Gasteiger partial charge on any atom is 0.348 e. The van der Waals surface area contributed by atoms with Gasteiger partial charge in [-0.2, -0.15) is 0 Å². The van der Waals surface area contributed by atoms with Crippen molar-refractivity contribution in [1.29, 1.82) is 0 Å². The molecule has 0 saturated carbocycles. The molecule has 1 N–H and O–H groups in total. The van der Waals surface area contributed by atoms with Gasteiger partial charge in [0.1, 0.15) is 4.88 Å². The summed E-state index contributed by atoms with van der Waals surface area (Å²) < 4.78 is 4.73. The van der Waals surface area contributed by atoms with Crippen LogP contribution in [0.3, 0.4) is 0 Å². The number of hydrogen-bond donors (Lipinski definition) is 1. The third kappa shape index (κ3) is 6.65. The van der Waals surface area contributed by atoms with Crippen LogP contribution in [-0.4, -0.2) is 47.7 Å². The first-order valence-corrected chi connectivity index (χ1v) is 11.8. The SMILES string of the molecule is COC(=O)c1ccc(C=CCN2C(=O)CC[C@@H]2/C=C\[C@H](O)[C@@H](C)CCc2ccccc2)s1. The van der Waals surface area contributed by atoms with Gasteiger partial charge in [0.2, 0.25) is 5.91 Å². The summed E-state index contributed by atoms with van der Waals surface area (Å²) >= 11 is 1.36. The van der Waals surface area contributed by atoms with Gasteiger partial charge in [0, 0.05) is 17.8 Å². The Labute approximate surface area is 194 Å². The van der Waals surface area contributed by atoms with Gasteiger partial charge in [-0.05, 0) is 49.0 Å². The highest BCUT2D eigenvalue weighted by Gasteiger charge is 2.28. The van der Waals surface area contributed by atoms with Crippen molar-refractivity contribution >= 4 is 29.3 Å². The van der Waals surface area contributed by atoms with E-state index in [0.717, 1.165) is 24.1 Å². The van der Waals surface area contributed by atoms with Crippen LogP contribution in [0.15, 0.2) is 60.7 Å². The fourth-order valence-corrected chi connectivity index (χ4v) is 4.63. The molecule has 170 valence electrons. The molecule has 3 atom stereocenters. The zero-order valence-electron chi connectivity index (χ0n) is 18.6. The molecule has 1 aliphatic rings. The van der Waals surface area contributed by atoms with Crippen LogP contribution < -0.4 is 0 Å². The number of benzene rings is 1. The summed E-state index contributed by atoms with van der Waals surface area (Å²) in [5, 5.41) is 10.6. The third-order valence-electron chi connectivity index (χ3n) is 5.82. The van der Waals surface area contributed by atoms with Crippen molar-refractivity contribution in [2.24, 2.45) is 5.92 Å². The number of ether oxygens (including phenoxy) is 1. The number of esters is 1. The Morgan fingerprint density at radius 3 is 2.81 bits per heavy atom. The van der Waals surface area contributed by atoms with Gasteiger partial charge in [-0.25, -0.2) is 4.79 Å². The lowest BCUT2D eigenvalue weighted by atomic mass is 9.95. The molecule has 0 bridgehead atoms. The number of hydrogen-bond acceptors (Lipinski definition) is 5. The van der Waals surface area contributed by atoms with Gasteiger partial charge < -0.3 is 14.7 Å². The number of thiophene rings is 1. The van der Waals surface area contributed by atoms with Gasteiger partial charge in [-0.3, -0.25) is 4.79 Å². The van der Waals surface area contributed by atoms with Crippen LogP contribution in [0.4, 0.5) is 0 Å². The molecule has 5 nitrogen and oxygen atoms in total. The Bertz CT molecular complexity index is 950. The summed E-state index contributed by atoms with van der Waals surface area (Å²) in [5.41, 5.74) is 1.28. The molecule has 0 unspecified atom stereocenters. The monoisotopic (exact) mass is 453 g/mol. The first kappa shape index (κ1) is 24.0. The quantitative estimate of drug-likeness (QED) is 0.417. The zero-order chi connectivity index (χ0) is 22.9. The van der Waals surface area contributed by atoms with E-state index in [4.69, 9.17) is 4.74 Å². The molecule has 1 aliphatic heterocycles. The van der Waals surface area contributed by atoms with Crippen molar-refractivity contribution in [3.05, 3.63) is 76.0 Å². The van der Waals surface area contributed by atoms with Crippen molar-refractivity contribution in [2.75, 3.05) is 13.7 Å². The van der Waals surface area contributed by atoms with Crippen molar-refractivity contribution in [3.63, 3.8) is 0 Å². The summed E-state index contributed by atoms with van der Waals surface area (Å²) in [7, 11) is 1.37. The molecule has 1 amide bonds. The van der Waals surface area contributed by atoms with Crippen LogP contribution in [0.2, 0.25) is 0 Å². The summed E-state index contributed by atoms with van der Waals surface area (Å²) in [6.07, 6.45) is 10.3. The number of likely N-dealkylation sites (tertiary alicyclic amines) is 1. The highest BCUT2D eigenvalue weighted by molar-refractivity contribution is 7.14. The summed E-state index contributed by atoms with van der Waals surface area (Å²) in [5.74, 6) is -0.0804. The molecule has 0 radical (unpaired) electrons. The number of carbonyl (C=O) groups is 2. The van der Waals surface area contributed by atoms with Crippen molar-refractivity contribution < 1.29 is 19.4 Å². The Morgan fingerprint density at radius 1 is 1.28 bits per heavy atom. The molecule has 32 heavy (non-hydrogen) atoms. The summed E-state index contributed by atoms with van der Waals surface area (Å²) in [6.45, 7) is 2.56. The molecule has 3 rings (SSSR count). The number of aliphatic hydroxyl groups excluding tert-OH is 1. The van der Waals surface area contributed by atoms with Crippen LogP contribution in [0, 0.1) is 5.92 Å². The second-order valence-electron chi connectivity index (χ2n) is 8.13. The first-order chi connectivity index (χ1) is 15.5. The van der Waals surface area contributed by atoms with Crippen LogP contribution in [0.5, 0.6) is 0 Å². The predicted molar refractivity (Wildman–Crippen MR) is 129 cm³/mol. The Morgan fingerprint density at radius 2 is 2.06 bits per heavy atom. The van der Waals surface area contributed by atoms with Gasteiger partial charge in [0.15, 0.2) is 0 Å². The lowest BCUT2D eigenvalue weighted by Gasteiger charge is -2.22. The third-order valence-corrected chi connectivity index (χ3v) is 6.85. The maximum absolute atomic E-state index is 12.3. The summed E-state index contributed by atoms with van der Waals surface area (Å²) in [4.78, 5) is 27.2. The number of amides is 1. The van der Waals surface area contributed by atoms with Crippen LogP contribution >= 0.6 is 11.3 Å². The van der Waals surface area contributed by atoms with E-state index in [0.29, 0.717) is 17.8 Å². The number of aliphatic hydroxyl groups is 1. The minimum absolute atomic E-state index is 0.00270. The van der Waals surface area contributed by atoms with E-state index in [1.54, 1.807) is 6.07 Å². The number of aryl methyl sites for hydroxylation is 1. The molecular weight excluding hydrogens is 422 g/mol. The number of methoxy groups -OCH3 is 1. The van der Waals surface area contributed by atoms with Gasteiger partial charge in [-0.1, -0.05) is 55.5 Å². The normalized spacial score (nSPS) is 18.5. The van der Waals surface area contributed by atoms with E-state index < -0.39 is 6.10 Å². The molecule has 1 fully saturated rings. The topological polar surface area (TPSA) is 66.8 Å². The second kappa shape index (κ2) is 11.8. The maximum atomic E-state index is 12.3. The molecular formula is C26H31NO4S. The number of rotatable bonds is 10. The Balaban J connectivity index is 1.51. The zero-order valence-corrected chi connectivity index (χ0v) is 19.5. The van der Waals surface area contributed by atoms with Gasteiger partial charge in [0.05, 0.1) is 19.3 Å². The minimum atomic E-state index is -0.533. The Kier molecular flexibility index (Phi) is 8.82. The second-order valence-corrected chi connectivity index (χ2v) is 9.24. The molecule has 6 heteroatoms. The molecule has 0 aliphatic carbocycles. The molecule has 1 saturated heterocycles. The Hall–Kier alpha value is -2.70. The summed E-state index contributed by atoms with van der Waals surface area (Å²) in [6, 6.07) is 13.9. The van der Waals surface area contributed by atoms with E-state index in [2.05, 4.69) is 19.1 Å². The standard InChI is InChI=1S/C26H31NO4S/c1-19(10-11-20-7-4-3-5-8-20)23(28)15-12-21-13-17-25(29)27(21)18-6-9-22-14-16-24(32-22)26(30)31-2/h3-9,12,14-16,19,21,23,28H,10-11,13,17-18H2,1-2H3/b9-6?,15-12-/t19-,21-,23-/m0/s1. The highest BCUT2D eigenvalue weighted by atomic mass is 32.1. The minimum Gasteiger partial charge on any atom is -0.465 e. The molecule has 1 aromatic carbocycles. The average molecular weight is 454 g/mol. The number of carbonyl (C=O) groups excluding carboxylic acids is 2. The van der Waals surface area contributed by atoms with E-state index >= 15 is 0 Å². The predicted octanol–water partition coefficient (Wildman–Crippen LogP) is 4.72. The van der Waals surface area contributed by atoms with Crippen molar-refractivity contribution in [1.82, 2.24) is 4.90 Å². The molecule has 1 aromatic heterocycles. The largest absolute Gasteiger partial charge is 0.465 e. The van der Waals surface area contributed by atoms with Gasteiger partial charge in [-0.15, -0.1) is 11.3 Å². The average Bonchev–Trinajstić information content (AvgIpc) is 3.43. The van der Waals surface area contributed by atoms with Crippen LogP contribution in [0.25, 0.3) is 6.08 Å². The van der Waals surface area contributed by atoms with E-state index in [1.807, 2.05) is 53.5 Å². The lowest BCUT2D eigenvalue weighted by molar-refractivity contribution is -0.127. The first-order valence-electron chi connectivity index (χ1n) is 11.0. The molecule has 0 spiro atoms. The molecule has 2 aromatic rings. The lowest BCUT2D eigenvalue weighted by Crippen LogP contribution is -2.32. The van der Waals surface area contributed by atoms with E-state index in [1.165, 1.54) is 24.0 Å². The number of nitrogens with zero attached hydrogens (tertiary/aromatic N) is 1. The smallest absolute Gasteiger partial charge is 0.348 e. The van der Waals surface area contributed by atoms with Crippen molar-refractivity contribution in [3.8, 4) is 0 Å². The van der Waals surface area contributed by atoms with Crippen LogP contribution in [-0.2, 0) is 16.0 Å². The van der Waals surface area contributed by atoms with E-state index in [-0.39, 0.29) is 23.8 Å². The van der Waals surface area contributed by atoms with Gasteiger partial charge in [0.25, 0.3) is 0 Å². The van der Waals surface area contributed by atoms with Crippen LogP contribution in [0.1, 0.15) is 46.3 Å². The fourth-order valence-electron chi connectivity index (χ4n) is 3.77. The van der Waals surface area contributed by atoms with E-state index in [9.17, 15) is 14.7 Å². The van der Waals surface area contributed by atoms with Gasteiger partial charge >= 0.3 is 5.97 Å². The fraction of sp³-hybridized carbons (Fsp3) is 0.385. The van der Waals surface area contributed by atoms with Crippen molar-refractivity contribution in [2.45, 2.75) is 44.8 Å². The molecule has 2 heterocycles. The highest BCUT2D eigenvalue weighted by Crippen LogP contribution is 2.23.